The van der Waals surface area contributed by atoms with Gasteiger partial charge in [-0.05, 0) is 29.7 Å². The van der Waals surface area contributed by atoms with E-state index in [0.717, 1.165) is 0 Å². The second kappa shape index (κ2) is 7.33. The third-order valence-corrected chi connectivity index (χ3v) is 6.84. The number of rotatable bonds is 3. The zero-order valence-corrected chi connectivity index (χ0v) is 14.2. The summed E-state index contributed by atoms with van der Waals surface area (Å²) in [5.41, 5.74) is 3.30. The maximum Gasteiger partial charge on any atom is 1.00 e. The van der Waals surface area contributed by atoms with E-state index in [9.17, 15) is 0 Å². The maximum absolute atomic E-state index is 2.39. The molecule has 0 spiro atoms. The Bertz CT molecular complexity index is 763. The molecule has 1 atom stereocenters. The van der Waals surface area contributed by atoms with Gasteiger partial charge in [-0.2, -0.15) is 0 Å². The molecule has 23 heavy (non-hydrogen) atoms. The maximum atomic E-state index is 2.39. The van der Waals surface area contributed by atoms with Crippen LogP contribution in [0, 0.1) is 0 Å². The first-order valence-electron chi connectivity index (χ1n) is 7.60. The number of hydrogen-bond donors (Lipinski definition) is 0. The summed E-state index contributed by atoms with van der Waals surface area (Å²) in [6.45, 7) is 0. The molecule has 0 N–H and O–H groups in total. The van der Waals surface area contributed by atoms with Gasteiger partial charge in [0.05, 0.1) is 0 Å². The van der Waals surface area contributed by atoms with Gasteiger partial charge in [-0.1, -0.05) is 97.1 Å². The molecule has 2 heteroatoms. The molecule has 0 heterocycles. The number of benzene rings is 3. The Balaban J connectivity index is 0.00000104. The largest absolute Gasteiger partial charge is 1.00 e. The van der Waals surface area contributed by atoms with Crippen molar-refractivity contribution in [2.45, 2.75) is 5.66 Å². The molecule has 108 valence electrons. The number of fused-ring (bicyclic) bond motifs is 1. The van der Waals surface area contributed by atoms with Gasteiger partial charge in [-0.3, -0.25) is 0 Å². The summed E-state index contributed by atoms with van der Waals surface area (Å²) in [6.07, 6.45) is 4.66. The molecular formula is C21H18LiP. The molecule has 0 aromatic heterocycles. The van der Waals surface area contributed by atoms with Gasteiger partial charge in [0.2, 0.25) is 0 Å². The van der Waals surface area contributed by atoms with Gasteiger partial charge in [0.25, 0.3) is 0 Å². The molecular weight excluding hydrogens is 290 g/mol. The monoisotopic (exact) mass is 308 g/mol. The third-order valence-electron chi connectivity index (χ3n) is 4.12. The smallest absolute Gasteiger partial charge is 1.00 e. The molecule has 4 rings (SSSR count). The Hall–Kier alpha value is -1.57. The van der Waals surface area contributed by atoms with Crippen molar-refractivity contribution in [1.29, 1.82) is 0 Å². The first-order chi connectivity index (χ1) is 10.9. The van der Waals surface area contributed by atoms with Gasteiger partial charge in [0.1, 0.15) is 0 Å². The van der Waals surface area contributed by atoms with E-state index in [2.05, 4.69) is 97.1 Å². The van der Waals surface area contributed by atoms with E-state index in [-0.39, 0.29) is 20.3 Å². The van der Waals surface area contributed by atoms with E-state index in [4.69, 9.17) is 0 Å². The summed E-state index contributed by atoms with van der Waals surface area (Å²) in [6, 6.07) is 30.7. The summed E-state index contributed by atoms with van der Waals surface area (Å²) in [4.78, 5) is 0. The molecule has 3 aromatic rings. The molecule has 0 bridgehead atoms. The fourth-order valence-electron chi connectivity index (χ4n) is 3.10. The van der Waals surface area contributed by atoms with Crippen molar-refractivity contribution in [2.24, 2.45) is 0 Å². The van der Waals surface area contributed by atoms with Gasteiger partial charge < -0.3 is 1.43 Å². The number of hydrogen-bond acceptors (Lipinski definition) is 0. The predicted octanol–water partition coefficient (Wildman–Crippen LogP) is 2.00. The van der Waals surface area contributed by atoms with Crippen molar-refractivity contribution in [1.82, 2.24) is 0 Å². The topological polar surface area (TPSA) is 0 Å². The van der Waals surface area contributed by atoms with Gasteiger partial charge >= 0.3 is 18.9 Å². The molecule has 0 saturated carbocycles. The van der Waals surface area contributed by atoms with Crippen LogP contribution >= 0.6 is 7.92 Å². The fraction of sp³-hybridized carbons (Fsp3) is 0.0476. The molecule has 3 aromatic carbocycles. The second-order valence-corrected chi connectivity index (χ2v) is 7.80. The Labute approximate surface area is 152 Å². The van der Waals surface area contributed by atoms with Crippen LogP contribution in [0.1, 0.15) is 18.2 Å². The van der Waals surface area contributed by atoms with Crippen molar-refractivity contribution in [3.63, 3.8) is 0 Å². The minimum Gasteiger partial charge on any atom is -1.00 e. The van der Waals surface area contributed by atoms with Crippen LogP contribution in [0.3, 0.4) is 0 Å². The molecule has 1 aliphatic rings. The first kappa shape index (κ1) is 16.3. The number of allylic oxidation sites excluding steroid dienone is 1. The standard InChI is InChI=1S/C21H17P.Li.H/c1-3-10-18(11-4-1)22(19-12-5-2-6-13-19)21-16-15-17-9-7-8-14-20(17)21;;/h1-16,21H;;/q;+1;-1. The summed E-state index contributed by atoms with van der Waals surface area (Å²) >= 11 is 0. The zero-order valence-electron chi connectivity index (χ0n) is 14.3. The molecule has 0 saturated heterocycles. The van der Waals surface area contributed by atoms with Crippen LogP contribution in [-0.4, -0.2) is 0 Å². The molecule has 0 aliphatic heterocycles. The normalized spacial score (nSPS) is 15.3. The van der Waals surface area contributed by atoms with E-state index >= 15 is 0 Å². The van der Waals surface area contributed by atoms with Crippen LogP contribution in [0.2, 0.25) is 0 Å². The minimum absolute atomic E-state index is 0. The van der Waals surface area contributed by atoms with Gasteiger partial charge in [-0.25, -0.2) is 0 Å². The average Bonchev–Trinajstić information content (AvgIpc) is 3.01. The van der Waals surface area contributed by atoms with Crippen molar-refractivity contribution >= 4 is 24.6 Å². The Morgan fingerprint density at radius 2 is 1.17 bits per heavy atom. The molecule has 1 aliphatic carbocycles. The van der Waals surface area contributed by atoms with Crippen LogP contribution in [0.4, 0.5) is 0 Å². The van der Waals surface area contributed by atoms with Crippen molar-refractivity contribution in [3.05, 3.63) is 102 Å². The van der Waals surface area contributed by atoms with Gasteiger partial charge in [0, 0.05) is 5.66 Å². The Morgan fingerprint density at radius 3 is 1.78 bits per heavy atom. The van der Waals surface area contributed by atoms with Crippen molar-refractivity contribution < 1.29 is 20.3 Å². The third kappa shape index (κ3) is 3.22. The predicted molar refractivity (Wildman–Crippen MR) is 98.4 cm³/mol. The molecule has 0 fully saturated rings. The van der Waals surface area contributed by atoms with E-state index in [1.807, 2.05) is 0 Å². The average molecular weight is 308 g/mol. The Kier molecular flexibility index (Phi) is 5.19. The van der Waals surface area contributed by atoms with Crippen LogP contribution < -0.4 is 29.5 Å². The molecule has 0 nitrogen and oxygen atoms in total. The van der Waals surface area contributed by atoms with E-state index < -0.39 is 7.92 Å². The summed E-state index contributed by atoms with van der Waals surface area (Å²) in [7, 11) is -0.425. The molecule has 1 unspecified atom stereocenters. The van der Waals surface area contributed by atoms with E-state index in [1.165, 1.54) is 21.7 Å². The summed E-state index contributed by atoms with van der Waals surface area (Å²) < 4.78 is 0. The van der Waals surface area contributed by atoms with Gasteiger partial charge in [-0.15, -0.1) is 0 Å². The Morgan fingerprint density at radius 1 is 0.652 bits per heavy atom. The van der Waals surface area contributed by atoms with Crippen LogP contribution in [-0.2, 0) is 0 Å². The summed E-state index contributed by atoms with van der Waals surface area (Å²) in [5, 5.41) is 2.88. The summed E-state index contributed by atoms with van der Waals surface area (Å²) in [5.74, 6) is 0. The van der Waals surface area contributed by atoms with Crippen LogP contribution in [0.25, 0.3) is 6.08 Å². The fourth-order valence-corrected chi connectivity index (χ4v) is 5.80. The molecule has 0 radical (unpaired) electrons. The first-order valence-corrected chi connectivity index (χ1v) is 9.01. The quantitative estimate of drug-likeness (QED) is 0.513. The SMILES string of the molecule is C1=CC(P(c2ccccc2)c2ccccc2)c2ccccc21.[H-].[Li+]. The zero-order chi connectivity index (χ0) is 14.8. The molecule has 0 amide bonds. The second-order valence-electron chi connectivity index (χ2n) is 5.47. The van der Waals surface area contributed by atoms with Gasteiger partial charge in [0.15, 0.2) is 0 Å². The van der Waals surface area contributed by atoms with Crippen LogP contribution in [0.5, 0.6) is 0 Å². The van der Waals surface area contributed by atoms with E-state index in [0.29, 0.717) is 5.66 Å². The van der Waals surface area contributed by atoms with Crippen molar-refractivity contribution in [2.75, 3.05) is 0 Å². The van der Waals surface area contributed by atoms with Crippen LogP contribution in [0.15, 0.2) is 91.0 Å². The van der Waals surface area contributed by atoms with E-state index in [1.54, 1.807) is 0 Å². The van der Waals surface area contributed by atoms with Crippen molar-refractivity contribution in [3.8, 4) is 0 Å². The minimum atomic E-state index is -0.425.